The molecular formula is C14H29NO. The molecule has 1 atom stereocenters. The summed E-state index contributed by atoms with van der Waals surface area (Å²) in [5, 5.41) is 0. The Bertz CT molecular complexity index is 201. The highest BCUT2D eigenvalue weighted by molar-refractivity contribution is 5.83. The zero-order valence-electron chi connectivity index (χ0n) is 12.1. The maximum atomic E-state index is 12.1. The van der Waals surface area contributed by atoms with Gasteiger partial charge in [-0.2, -0.15) is 0 Å². The topological polar surface area (TPSA) is 20.3 Å². The molecule has 0 bridgehead atoms. The van der Waals surface area contributed by atoms with Crippen molar-refractivity contribution in [3.8, 4) is 0 Å². The predicted molar refractivity (Wildman–Crippen MR) is 70.7 cm³/mol. The lowest BCUT2D eigenvalue weighted by atomic mass is 9.95. The molecule has 0 aliphatic heterocycles. The van der Waals surface area contributed by atoms with Crippen molar-refractivity contribution in [2.45, 2.75) is 79.4 Å². The Balaban J connectivity index is 4.88. The molecule has 0 aliphatic carbocycles. The van der Waals surface area contributed by atoms with Crippen LogP contribution in [0.3, 0.4) is 0 Å². The Morgan fingerprint density at radius 2 is 1.44 bits per heavy atom. The first kappa shape index (κ1) is 15.6. The van der Waals surface area contributed by atoms with Gasteiger partial charge in [0.2, 0.25) is 0 Å². The molecule has 0 N–H and O–H groups in total. The molecule has 96 valence electrons. The van der Waals surface area contributed by atoms with Crippen LogP contribution in [-0.2, 0) is 4.79 Å². The molecule has 0 aliphatic rings. The highest BCUT2D eigenvalue weighted by Crippen LogP contribution is 2.19. The minimum atomic E-state index is 0.102. The Kier molecular flexibility index (Phi) is 6.89. The number of ketones is 1. The first-order chi connectivity index (χ1) is 7.31. The molecule has 0 aromatic heterocycles. The molecule has 0 heterocycles. The van der Waals surface area contributed by atoms with Gasteiger partial charge in [0.25, 0.3) is 0 Å². The number of Topliss-reactive ketones (excluding diaryl/α,β-unsaturated/α-hetero) is 1. The van der Waals surface area contributed by atoms with Crippen molar-refractivity contribution in [2.75, 3.05) is 0 Å². The summed E-state index contributed by atoms with van der Waals surface area (Å²) in [5.41, 5.74) is 0. The van der Waals surface area contributed by atoms with Crippen molar-refractivity contribution >= 4 is 5.78 Å². The lowest BCUT2D eigenvalue weighted by molar-refractivity contribution is -0.126. The summed E-state index contributed by atoms with van der Waals surface area (Å²) < 4.78 is 0. The predicted octanol–water partition coefficient (Wildman–Crippen LogP) is 3.50. The highest BCUT2D eigenvalue weighted by atomic mass is 16.1. The fraction of sp³-hybridized carbons (Fsp3) is 0.929. The lowest BCUT2D eigenvalue weighted by Gasteiger charge is -2.38. The first-order valence-corrected chi connectivity index (χ1v) is 6.61. The zero-order valence-corrected chi connectivity index (χ0v) is 12.1. The molecule has 0 amide bonds. The third kappa shape index (κ3) is 4.65. The third-order valence-electron chi connectivity index (χ3n) is 2.97. The summed E-state index contributed by atoms with van der Waals surface area (Å²) >= 11 is 0. The van der Waals surface area contributed by atoms with E-state index in [2.05, 4.69) is 46.4 Å². The maximum absolute atomic E-state index is 12.1. The van der Waals surface area contributed by atoms with Gasteiger partial charge in [0.05, 0.1) is 6.04 Å². The molecule has 0 saturated heterocycles. The van der Waals surface area contributed by atoms with Gasteiger partial charge in [0.15, 0.2) is 0 Å². The molecule has 0 radical (unpaired) electrons. The largest absolute Gasteiger partial charge is 0.298 e. The minimum absolute atomic E-state index is 0.102. The molecule has 0 spiro atoms. The Morgan fingerprint density at radius 1 is 1.00 bits per heavy atom. The van der Waals surface area contributed by atoms with Crippen LogP contribution in [0.2, 0.25) is 0 Å². The van der Waals surface area contributed by atoms with Crippen LogP contribution in [0, 0.1) is 5.92 Å². The van der Waals surface area contributed by atoms with Gasteiger partial charge in [-0.3, -0.25) is 9.69 Å². The highest BCUT2D eigenvalue weighted by Gasteiger charge is 2.28. The van der Waals surface area contributed by atoms with Crippen LogP contribution in [0.4, 0.5) is 0 Å². The van der Waals surface area contributed by atoms with E-state index in [0.29, 0.717) is 30.2 Å². The normalized spacial score (nSPS) is 14.2. The van der Waals surface area contributed by atoms with Crippen molar-refractivity contribution < 1.29 is 4.79 Å². The molecule has 2 heteroatoms. The Hall–Kier alpha value is -0.370. The van der Waals surface area contributed by atoms with Crippen molar-refractivity contribution in [3.63, 3.8) is 0 Å². The molecule has 16 heavy (non-hydrogen) atoms. The second kappa shape index (κ2) is 7.05. The van der Waals surface area contributed by atoms with Crippen LogP contribution in [0.25, 0.3) is 0 Å². The van der Waals surface area contributed by atoms with E-state index in [1.54, 1.807) is 0 Å². The average molecular weight is 227 g/mol. The van der Waals surface area contributed by atoms with Crippen LogP contribution < -0.4 is 0 Å². The summed E-state index contributed by atoms with van der Waals surface area (Å²) in [7, 11) is 0. The van der Waals surface area contributed by atoms with Gasteiger partial charge in [-0.15, -0.1) is 0 Å². The molecule has 0 aromatic carbocycles. The number of carbonyl (C=O) groups excluding carboxylic acids is 1. The lowest BCUT2D eigenvalue weighted by Crippen LogP contribution is -2.49. The number of hydrogen-bond acceptors (Lipinski definition) is 2. The van der Waals surface area contributed by atoms with E-state index in [1.807, 2.05) is 6.92 Å². The molecule has 0 fully saturated rings. The van der Waals surface area contributed by atoms with Crippen LogP contribution in [0.5, 0.6) is 0 Å². The summed E-state index contributed by atoms with van der Waals surface area (Å²) in [5.74, 6) is 0.955. The summed E-state index contributed by atoms with van der Waals surface area (Å²) in [6.07, 6.45) is 1.62. The van der Waals surface area contributed by atoms with Gasteiger partial charge < -0.3 is 0 Å². The van der Waals surface area contributed by atoms with Crippen molar-refractivity contribution in [2.24, 2.45) is 5.92 Å². The number of hydrogen-bond donors (Lipinski definition) is 0. The molecule has 0 rings (SSSR count). The van der Waals surface area contributed by atoms with E-state index in [9.17, 15) is 4.79 Å². The monoisotopic (exact) mass is 227 g/mol. The number of nitrogens with zero attached hydrogens (tertiary/aromatic N) is 1. The average Bonchev–Trinajstić information content (AvgIpc) is 2.13. The second-order valence-electron chi connectivity index (χ2n) is 5.60. The van der Waals surface area contributed by atoms with Crippen LogP contribution in [0.15, 0.2) is 0 Å². The molecule has 1 unspecified atom stereocenters. The van der Waals surface area contributed by atoms with E-state index >= 15 is 0 Å². The zero-order chi connectivity index (χ0) is 12.9. The van der Waals surface area contributed by atoms with E-state index < -0.39 is 0 Å². The van der Waals surface area contributed by atoms with Crippen molar-refractivity contribution in [3.05, 3.63) is 0 Å². The smallest absolute Gasteiger partial charge is 0.149 e. The van der Waals surface area contributed by atoms with Crippen LogP contribution >= 0.6 is 0 Å². The van der Waals surface area contributed by atoms with Crippen molar-refractivity contribution in [1.82, 2.24) is 4.90 Å². The van der Waals surface area contributed by atoms with Gasteiger partial charge in [-0.1, -0.05) is 20.8 Å². The van der Waals surface area contributed by atoms with E-state index in [4.69, 9.17) is 0 Å². The van der Waals surface area contributed by atoms with Gasteiger partial charge in [-0.25, -0.2) is 0 Å². The number of rotatable bonds is 7. The van der Waals surface area contributed by atoms with Gasteiger partial charge in [0.1, 0.15) is 5.78 Å². The van der Waals surface area contributed by atoms with Crippen molar-refractivity contribution in [1.29, 1.82) is 0 Å². The summed E-state index contributed by atoms with van der Waals surface area (Å²) in [4.78, 5) is 14.4. The minimum Gasteiger partial charge on any atom is -0.298 e. The summed E-state index contributed by atoms with van der Waals surface area (Å²) in [6, 6.07) is 0.962. The van der Waals surface area contributed by atoms with Gasteiger partial charge in [-0.05, 0) is 40.0 Å². The van der Waals surface area contributed by atoms with Crippen LogP contribution in [-0.4, -0.2) is 28.8 Å². The van der Waals surface area contributed by atoms with Gasteiger partial charge >= 0.3 is 0 Å². The van der Waals surface area contributed by atoms with E-state index in [1.165, 1.54) is 0 Å². The molecule has 0 saturated carbocycles. The maximum Gasteiger partial charge on any atom is 0.149 e. The Morgan fingerprint density at radius 3 is 1.69 bits per heavy atom. The summed E-state index contributed by atoms with van der Waals surface area (Å²) in [6.45, 7) is 15.1. The third-order valence-corrected chi connectivity index (χ3v) is 2.97. The van der Waals surface area contributed by atoms with E-state index in [-0.39, 0.29) is 6.04 Å². The van der Waals surface area contributed by atoms with E-state index in [0.717, 1.165) is 6.42 Å². The number of carbonyl (C=O) groups is 1. The fourth-order valence-electron chi connectivity index (χ4n) is 2.42. The first-order valence-electron chi connectivity index (χ1n) is 6.61. The quantitative estimate of drug-likeness (QED) is 0.663. The van der Waals surface area contributed by atoms with Gasteiger partial charge in [0, 0.05) is 18.5 Å². The molecule has 2 nitrogen and oxygen atoms in total. The van der Waals surface area contributed by atoms with Crippen LogP contribution in [0.1, 0.15) is 61.3 Å². The molecule has 0 aromatic rings. The standard InChI is InChI=1S/C14H29NO/c1-8-14(16)13(9-10(2)3)15(11(4)5)12(6)7/h10-13H,8-9H2,1-7H3. The Labute approximate surface area is 101 Å². The fourth-order valence-corrected chi connectivity index (χ4v) is 2.42. The molecular weight excluding hydrogens is 198 g/mol. The second-order valence-corrected chi connectivity index (χ2v) is 5.60. The SMILES string of the molecule is CCC(=O)C(CC(C)C)N(C(C)C)C(C)C.